The molecular weight excluding hydrogens is 172 g/mol. The molecule has 0 amide bonds. The number of nitrogens with zero attached hydrogens (tertiary/aromatic N) is 1. The molecule has 2 atom stereocenters. The molecule has 0 saturated carbocycles. The largest absolute Gasteiger partial charge is 0.311 e. The van der Waals surface area contributed by atoms with Gasteiger partial charge in [-0.3, -0.25) is 4.90 Å². The second-order valence-electron chi connectivity index (χ2n) is 5.11. The van der Waals surface area contributed by atoms with Crippen molar-refractivity contribution in [3.8, 4) is 0 Å². The van der Waals surface area contributed by atoms with Gasteiger partial charge in [0.1, 0.15) is 0 Å². The van der Waals surface area contributed by atoms with Gasteiger partial charge in [-0.1, -0.05) is 20.8 Å². The molecule has 2 unspecified atom stereocenters. The van der Waals surface area contributed by atoms with Crippen molar-refractivity contribution in [1.82, 2.24) is 10.2 Å². The molecule has 0 bridgehead atoms. The maximum absolute atomic E-state index is 3.66. The molecule has 2 heteroatoms. The van der Waals surface area contributed by atoms with E-state index in [1.165, 1.54) is 13.0 Å². The van der Waals surface area contributed by atoms with Crippen LogP contribution in [0.2, 0.25) is 0 Å². The average Bonchev–Trinajstić information content (AvgIpc) is 2.16. The Morgan fingerprint density at radius 3 is 2.36 bits per heavy atom. The molecule has 0 aromatic carbocycles. The maximum atomic E-state index is 3.66. The topological polar surface area (TPSA) is 15.3 Å². The Bertz CT molecular complexity index is 166. The first-order valence-corrected chi connectivity index (χ1v) is 6.05. The summed E-state index contributed by atoms with van der Waals surface area (Å²) in [4.78, 5) is 2.65. The summed E-state index contributed by atoms with van der Waals surface area (Å²) in [7, 11) is 0. The van der Waals surface area contributed by atoms with Crippen LogP contribution in [0.4, 0.5) is 0 Å². The highest BCUT2D eigenvalue weighted by Gasteiger charge is 2.29. The molecule has 0 radical (unpaired) electrons. The standard InChI is InChI=1S/C12H26N2/c1-6-11-7-13-12(9(2)3)8-14(11)10(4)5/h9-13H,6-8H2,1-5H3. The fourth-order valence-corrected chi connectivity index (χ4v) is 2.30. The van der Waals surface area contributed by atoms with Gasteiger partial charge in [-0.05, 0) is 26.2 Å². The summed E-state index contributed by atoms with van der Waals surface area (Å²) in [5.74, 6) is 0.744. The molecular formula is C12H26N2. The summed E-state index contributed by atoms with van der Waals surface area (Å²) in [6.45, 7) is 13.9. The normalized spacial score (nSPS) is 30.2. The van der Waals surface area contributed by atoms with Gasteiger partial charge in [0.15, 0.2) is 0 Å². The van der Waals surface area contributed by atoms with E-state index < -0.39 is 0 Å². The molecule has 14 heavy (non-hydrogen) atoms. The van der Waals surface area contributed by atoms with Crippen molar-refractivity contribution in [2.45, 2.75) is 59.2 Å². The summed E-state index contributed by atoms with van der Waals surface area (Å²) in [5.41, 5.74) is 0. The molecule has 84 valence electrons. The van der Waals surface area contributed by atoms with Crippen LogP contribution in [0.3, 0.4) is 0 Å². The van der Waals surface area contributed by atoms with Crippen LogP contribution < -0.4 is 5.32 Å². The molecule has 1 saturated heterocycles. The van der Waals surface area contributed by atoms with Crippen LogP contribution in [0.5, 0.6) is 0 Å². The van der Waals surface area contributed by atoms with Crippen LogP contribution in [-0.4, -0.2) is 36.1 Å². The minimum atomic E-state index is 0.681. The molecule has 0 spiro atoms. The van der Waals surface area contributed by atoms with Gasteiger partial charge in [0, 0.05) is 31.2 Å². The predicted octanol–water partition coefficient (Wildman–Crippen LogP) is 2.10. The van der Waals surface area contributed by atoms with Crippen LogP contribution in [0.1, 0.15) is 41.0 Å². The highest BCUT2D eigenvalue weighted by molar-refractivity contribution is 4.88. The third-order valence-corrected chi connectivity index (χ3v) is 3.43. The highest BCUT2D eigenvalue weighted by Crippen LogP contribution is 2.17. The Balaban J connectivity index is 2.57. The minimum absolute atomic E-state index is 0.681. The lowest BCUT2D eigenvalue weighted by Crippen LogP contribution is -2.59. The van der Waals surface area contributed by atoms with Crippen molar-refractivity contribution >= 4 is 0 Å². The van der Waals surface area contributed by atoms with E-state index in [1.807, 2.05) is 0 Å². The third kappa shape index (κ3) is 2.71. The molecule has 2 nitrogen and oxygen atoms in total. The van der Waals surface area contributed by atoms with Crippen molar-refractivity contribution in [3.63, 3.8) is 0 Å². The summed E-state index contributed by atoms with van der Waals surface area (Å²) in [6, 6.07) is 2.11. The molecule has 1 fully saturated rings. The molecule has 1 rings (SSSR count). The first-order chi connectivity index (χ1) is 6.56. The van der Waals surface area contributed by atoms with Crippen molar-refractivity contribution in [2.75, 3.05) is 13.1 Å². The highest BCUT2D eigenvalue weighted by atomic mass is 15.2. The first-order valence-electron chi connectivity index (χ1n) is 6.05. The summed E-state index contributed by atoms with van der Waals surface area (Å²) in [5, 5.41) is 3.66. The van der Waals surface area contributed by atoms with Crippen molar-refractivity contribution in [3.05, 3.63) is 0 Å². The molecule has 1 N–H and O–H groups in total. The summed E-state index contributed by atoms with van der Waals surface area (Å²) in [6.07, 6.45) is 1.26. The van der Waals surface area contributed by atoms with Crippen molar-refractivity contribution in [2.24, 2.45) is 5.92 Å². The zero-order valence-corrected chi connectivity index (χ0v) is 10.4. The molecule has 0 aromatic heterocycles. The number of rotatable bonds is 3. The van der Waals surface area contributed by atoms with Gasteiger partial charge < -0.3 is 5.32 Å². The molecule has 0 aliphatic carbocycles. The summed E-state index contributed by atoms with van der Waals surface area (Å²) < 4.78 is 0. The number of hydrogen-bond donors (Lipinski definition) is 1. The Morgan fingerprint density at radius 1 is 1.29 bits per heavy atom. The van der Waals surface area contributed by atoms with Crippen LogP contribution in [0.25, 0.3) is 0 Å². The van der Waals surface area contributed by atoms with Gasteiger partial charge in [0.2, 0.25) is 0 Å². The van der Waals surface area contributed by atoms with E-state index >= 15 is 0 Å². The van der Waals surface area contributed by atoms with Crippen molar-refractivity contribution < 1.29 is 0 Å². The van der Waals surface area contributed by atoms with Crippen LogP contribution >= 0.6 is 0 Å². The van der Waals surface area contributed by atoms with E-state index in [2.05, 4.69) is 44.8 Å². The Hall–Kier alpha value is -0.0800. The predicted molar refractivity (Wildman–Crippen MR) is 62.5 cm³/mol. The second kappa shape index (κ2) is 5.13. The smallest absolute Gasteiger partial charge is 0.0221 e. The van der Waals surface area contributed by atoms with Gasteiger partial charge in [0.05, 0.1) is 0 Å². The Labute approximate surface area is 89.1 Å². The zero-order valence-electron chi connectivity index (χ0n) is 10.4. The molecule has 0 aromatic rings. The lowest BCUT2D eigenvalue weighted by atomic mass is 9.97. The SMILES string of the molecule is CCC1CNC(C(C)C)CN1C(C)C. The Kier molecular flexibility index (Phi) is 4.39. The lowest BCUT2D eigenvalue weighted by molar-refractivity contribution is 0.0810. The van der Waals surface area contributed by atoms with Gasteiger partial charge in [-0.2, -0.15) is 0 Å². The maximum Gasteiger partial charge on any atom is 0.0221 e. The quantitative estimate of drug-likeness (QED) is 0.747. The van der Waals surface area contributed by atoms with E-state index in [-0.39, 0.29) is 0 Å². The average molecular weight is 198 g/mol. The van der Waals surface area contributed by atoms with Crippen LogP contribution in [0.15, 0.2) is 0 Å². The van der Waals surface area contributed by atoms with Gasteiger partial charge in [-0.25, -0.2) is 0 Å². The van der Waals surface area contributed by atoms with Crippen LogP contribution in [-0.2, 0) is 0 Å². The summed E-state index contributed by atoms with van der Waals surface area (Å²) >= 11 is 0. The van der Waals surface area contributed by atoms with Crippen LogP contribution in [0, 0.1) is 5.92 Å². The fourth-order valence-electron chi connectivity index (χ4n) is 2.30. The number of piperazine rings is 1. The second-order valence-corrected chi connectivity index (χ2v) is 5.11. The van der Waals surface area contributed by atoms with Gasteiger partial charge in [0.25, 0.3) is 0 Å². The Morgan fingerprint density at radius 2 is 1.93 bits per heavy atom. The number of nitrogens with one attached hydrogen (secondary N) is 1. The van der Waals surface area contributed by atoms with E-state index in [9.17, 15) is 0 Å². The van der Waals surface area contributed by atoms with Gasteiger partial charge >= 0.3 is 0 Å². The molecule has 1 aliphatic rings. The molecule has 1 heterocycles. The lowest BCUT2D eigenvalue weighted by Gasteiger charge is -2.43. The first kappa shape index (κ1) is 12.0. The van der Waals surface area contributed by atoms with E-state index in [0.29, 0.717) is 12.1 Å². The molecule has 1 aliphatic heterocycles. The third-order valence-electron chi connectivity index (χ3n) is 3.43. The monoisotopic (exact) mass is 198 g/mol. The van der Waals surface area contributed by atoms with E-state index in [1.54, 1.807) is 0 Å². The van der Waals surface area contributed by atoms with E-state index in [0.717, 1.165) is 18.5 Å². The fraction of sp³-hybridized carbons (Fsp3) is 1.00. The van der Waals surface area contributed by atoms with E-state index in [4.69, 9.17) is 0 Å². The number of hydrogen-bond acceptors (Lipinski definition) is 2. The van der Waals surface area contributed by atoms with Crippen molar-refractivity contribution in [1.29, 1.82) is 0 Å². The van der Waals surface area contributed by atoms with Gasteiger partial charge in [-0.15, -0.1) is 0 Å². The minimum Gasteiger partial charge on any atom is -0.311 e. The zero-order chi connectivity index (χ0) is 10.7.